The number of ketones is 1. The number of para-hydroxylation sites is 1. The summed E-state index contributed by atoms with van der Waals surface area (Å²) in [4.78, 5) is 12.4. The smallest absolute Gasteiger partial charge is 0.493 e. The van der Waals surface area contributed by atoms with Crippen molar-refractivity contribution in [3.63, 3.8) is 0 Å². The molecule has 2 aromatic rings. The molecule has 5 nitrogen and oxygen atoms in total. The summed E-state index contributed by atoms with van der Waals surface area (Å²) in [5, 5.41) is 0. The van der Waals surface area contributed by atoms with Crippen molar-refractivity contribution in [1.82, 2.24) is 0 Å². The van der Waals surface area contributed by atoms with E-state index in [0.717, 1.165) is 12.1 Å². The average Bonchev–Trinajstić information content (AvgIpc) is 2.64. The number of carbonyl (C=O) groups is 1. The number of carbonyl (C=O) groups excluding carboxylic acids is 1. The molecule has 0 atom stereocenters. The summed E-state index contributed by atoms with van der Waals surface area (Å²) >= 11 is 0. The molecule has 8 heteroatoms. The van der Waals surface area contributed by atoms with E-state index >= 15 is 0 Å². The Hall–Kier alpha value is -3.16. The summed E-state index contributed by atoms with van der Waals surface area (Å²) in [5.41, 5.74) is 0.325. The molecule has 0 heterocycles. The molecule has 0 aromatic heterocycles. The monoisotopic (exact) mass is 382 g/mol. The molecule has 2 aromatic carbocycles. The van der Waals surface area contributed by atoms with Gasteiger partial charge in [-0.15, -0.1) is 13.2 Å². The maximum atomic E-state index is 12.5. The van der Waals surface area contributed by atoms with Crippen molar-refractivity contribution in [2.75, 3.05) is 21.3 Å². The van der Waals surface area contributed by atoms with E-state index < -0.39 is 17.9 Å². The Morgan fingerprint density at radius 1 is 0.926 bits per heavy atom. The summed E-state index contributed by atoms with van der Waals surface area (Å²) in [6.07, 6.45) is -2.45. The normalized spacial score (nSPS) is 11.3. The minimum Gasteiger partial charge on any atom is -0.493 e. The fraction of sp³-hybridized carbons (Fsp3) is 0.211. The van der Waals surface area contributed by atoms with Gasteiger partial charge >= 0.3 is 6.36 Å². The SMILES string of the molecule is COc1cc(C(=O)/C=C/c2ccccc2OC(F)(F)F)cc(OC)c1OC. The van der Waals surface area contributed by atoms with Gasteiger partial charge < -0.3 is 18.9 Å². The first-order valence-corrected chi connectivity index (χ1v) is 7.66. The third-order valence-corrected chi connectivity index (χ3v) is 3.51. The molecule has 0 saturated heterocycles. The first kappa shape index (κ1) is 20.2. The van der Waals surface area contributed by atoms with Crippen molar-refractivity contribution in [3.8, 4) is 23.0 Å². The highest BCUT2D eigenvalue weighted by atomic mass is 19.4. The molecule has 0 bridgehead atoms. The molecular formula is C19H17F3O5. The molecule has 0 amide bonds. The molecule has 0 aliphatic carbocycles. The summed E-state index contributed by atoms with van der Waals surface area (Å²) in [6.45, 7) is 0. The van der Waals surface area contributed by atoms with Crippen LogP contribution in [0.1, 0.15) is 15.9 Å². The van der Waals surface area contributed by atoms with E-state index in [0.29, 0.717) is 5.75 Å². The van der Waals surface area contributed by atoms with Crippen LogP contribution in [0.15, 0.2) is 42.5 Å². The lowest BCUT2D eigenvalue weighted by Crippen LogP contribution is -2.17. The third-order valence-electron chi connectivity index (χ3n) is 3.51. The lowest BCUT2D eigenvalue weighted by atomic mass is 10.1. The summed E-state index contributed by atoms with van der Waals surface area (Å²) in [5.74, 6) is 0.0308. The van der Waals surface area contributed by atoms with Crippen LogP contribution in [0.25, 0.3) is 6.08 Å². The number of alkyl halides is 3. The van der Waals surface area contributed by atoms with Crippen molar-refractivity contribution in [3.05, 3.63) is 53.6 Å². The van der Waals surface area contributed by atoms with Gasteiger partial charge in [-0.3, -0.25) is 4.79 Å². The Balaban J connectivity index is 2.33. The average molecular weight is 382 g/mol. The molecule has 0 aliphatic heterocycles. The predicted octanol–water partition coefficient (Wildman–Crippen LogP) is 4.51. The standard InChI is InChI=1S/C19H17F3O5/c1-24-16-10-13(11-17(25-2)18(16)26-3)14(23)9-8-12-6-4-5-7-15(12)27-19(20,21)22/h4-11H,1-3H3/b9-8+. The molecule has 144 valence electrons. The van der Waals surface area contributed by atoms with Crippen molar-refractivity contribution < 1.29 is 36.9 Å². The van der Waals surface area contributed by atoms with Crippen LogP contribution in [-0.2, 0) is 0 Å². The highest BCUT2D eigenvalue weighted by Crippen LogP contribution is 2.38. The fourth-order valence-electron chi connectivity index (χ4n) is 2.32. The highest BCUT2D eigenvalue weighted by Gasteiger charge is 2.31. The van der Waals surface area contributed by atoms with Crippen LogP contribution >= 0.6 is 0 Å². The van der Waals surface area contributed by atoms with E-state index in [1.54, 1.807) is 0 Å². The van der Waals surface area contributed by atoms with Gasteiger partial charge in [-0.1, -0.05) is 18.2 Å². The second-order valence-electron chi connectivity index (χ2n) is 5.20. The number of rotatable bonds is 7. The van der Waals surface area contributed by atoms with Gasteiger partial charge in [0, 0.05) is 11.1 Å². The molecular weight excluding hydrogens is 365 g/mol. The molecule has 2 rings (SSSR count). The predicted molar refractivity (Wildman–Crippen MR) is 92.6 cm³/mol. The third kappa shape index (κ3) is 5.16. The first-order chi connectivity index (χ1) is 12.8. The zero-order chi connectivity index (χ0) is 20.0. The molecule has 0 N–H and O–H groups in total. The van der Waals surface area contributed by atoms with Crippen molar-refractivity contribution >= 4 is 11.9 Å². The van der Waals surface area contributed by atoms with E-state index in [-0.39, 0.29) is 22.6 Å². The van der Waals surface area contributed by atoms with Gasteiger partial charge in [0.15, 0.2) is 17.3 Å². The topological polar surface area (TPSA) is 54.0 Å². The first-order valence-electron chi connectivity index (χ1n) is 7.66. The van der Waals surface area contributed by atoms with E-state index in [1.165, 1.54) is 57.7 Å². The Bertz CT molecular complexity index is 818. The number of ether oxygens (including phenoxy) is 4. The van der Waals surface area contributed by atoms with E-state index in [9.17, 15) is 18.0 Å². The van der Waals surface area contributed by atoms with Crippen LogP contribution < -0.4 is 18.9 Å². The van der Waals surface area contributed by atoms with Gasteiger partial charge in [0.1, 0.15) is 5.75 Å². The van der Waals surface area contributed by atoms with Crippen LogP contribution in [0, 0.1) is 0 Å². The Morgan fingerprint density at radius 3 is 2.04 bits per heavy atom. The van der Waals surface area contributed by atoms with Gasteiger partial charge in [-0.05, 0) is 30.4 Å². The largest absolute Gasteiger partial charge is 0.573 e. The Kier molecular flexibility index (Phi) is 6.33. The molecule has 0 radical (unpaired) electrons. The molecule has 0 spiro atoms. The molecule has 0 saturated carbocycles. The zero-order valence-electron chi connectivity index (χ0n) is 14.8. The molecule has 0 unspecified atom stereocenters. The molecule has 0 aliphatic rings. The van der Waals surface area contributed by atoms with Crippen LogP contribution in [0.4, 0.5) is 13.2 Å². The van der Waals surface area contributed by atoms with Crippen molar-refractivity contribution in [2.45, 2.75) is 6.36 Å². The number of allylic oxidation sites excluding steroid dienone is 1. The Labute approximate surface area is 153 Å². The number of halogens is 3. The number of hydrogen-bond acceptors (Lipinski definition) is 5. The second-order valence-corrected chi connectivity index (χ2v) is 5.20. The fourth-order valence-corrected chi connectivity index (χ4v) is 2.32. The summed E-state index contributed by atoms with van der Waals surface area (Å²) in [6, 6.07) is 8.40. The van der Waals surface area contributed by atoms with Gasteiger partial charge in [-0.25, -0.2) is 0 Å². The molecule has 0 fully saturated rings. The summed E-state index contributed by atoms with van der Waals surface area (Å²) < 4.78 is 56.9. The van der Waals surface area contributed by atoms with E-state index in [4.69, 9.17) is 14.2 Å². The molecule has 27 heavy (non-hydrogen) atoms. The lowest BCUT2D eigenvalue weighted by molar-refractivity contribution is -0.274. The second kappa shape index (κ2) is 8.48. The number of methoxy groups -OCH3 is 3. The van der Waals surface area contributed by atoms with Crippen molar-refractivity contribution in [2.24, 2.45) is 0 Å². The van der Waals surface area contributed by atoms with Gasteiger partial charge in [0.2, 0.25) is 5.75 Å². The van der Waals surface area contributed by atoms with Crippen LogP contribution in [0.3, 0.4) is 0 Å². The lowest BCUT2D eigenvalue weighted by Gasteiger charge is -2.13. The van der Waals surface area contributed by atoms with Gasteiger partial charge in [0.25, 0.3) is 0 Å². The van der Waals surface area contributed by atoms with Crippen molar-refractivity contribution in [1.29, 1.82) is 0 Å². The highest BCUT2D eigenvalue weighted by molar-refractivity contribution is 6.07. The van der Waals surface area contributed by atoms with Gasteiger partial charge in [-0.2, -0.15) is 0 Å². The van der Waals surface area contributed by atoms with Crippen LogP contribution in [0.2, 0.25) is 0 Å². The number of hydrogen-bond donors (Lipinski definition) is 0. The summed E-state index contributed by atoms with van der Waals surface area (Å²) in [7, 11) is 4.25. The quantitative estimate of drug-likeness (QED) is 0.521. The van der Waals surface area contributed by atoms with Crippen LogP contribution in [0.5, 0.6) is 23.0 Å². The van der Waals surface area contributed by atoms with Gasteiger partial charge in [0.05, 0.1) is 21.3 Å². The number of benzene rings is 2. The maximum absolute atomic E-state index is 12.5. The maximum Gasteiger partial charge on any atom is 0.573 e. The minimum absolute atomic E-state index is 0.107. The van der Waals surface area contributed by atoms with E-state index in [1.807, 2.05) is 0 Å². The zero-order valence-corrected chi connectivity index (χ0v) is 14.8. The minimum atomic E-state index is -4.83. The van der Waals surface area contributed by atoms with E-state index in [2.05, 4.69) is 4.74 Å². The Morgan fingerprint density at radius 2 is 1.52 bits per heavy atom. The van der Waals surface area contributed by atoms with Crippen LogP contribution in [-0.4, -0.2) is 33.5 Å².